The lowest BCUT2D eigenvalue weighted by molar-refractivity contribution is 0.428. The molecule has 0 saturated heterocycles. The van der Waals surface area contributed by atoms with Gasteiger partial charge >= 0.3 is 6.01 Å². The van der Waals surface area contributed by atoms with Crippen LogP contribution in [0.3, 0.4) is 0 Å². The Hall–Kier alpha value is -1.95. The highest BCUT2D eigenvalue weighted by Gasteiger charge is 2.12. The molecule has 2 aromatic heterocycles. The molecular weight excluding hydrogens is 242 g/mol. The van der Waals surface area contributed by atoms with Crippen molar-refractivity contribution in [2.45, 2.75) is 33.4 Å². The Labute approximate surface area is 112 Å². The lowest BCUT2D eigenvalue weighted by Gasteiger charge is -2.06. The van der Waals surface area contributed by atoms with Crippen LogP contribution in [-0.4, -0.2) is 21.7 Å². The number of hydrogen-bond donors (Lipinski definition) is 2. The van der Waals surface area contributed by atoms with Crippen LogP contribution >= 0.6 is 0 Å². The van der Waals surface area contributed by atoms with Gasteiger partial charge in [0.15, 0.2) is 0 Å². The number of nitrogens with zero attached hydrogens (tertiary/aromatic N) is 3. The molecule has 0 saturated carbocycles. The van der Waals surface area contributed by atoms with Crippen molar-refractivity contribution < 1.29 is 4.42 Å². The van der Waals surface area contributed by atoms with Crippen molar-refractivity contribution in [1.29, 1.82) is 0 Å². The summed E-state index contributed by atoms with van der Waals surface area (Å²) in [6, 6.07) is 2.47. The summed E-state index contributed by atoms with van der Waals surface area (Å²) >= 11 is 0. The van der Waals surface area contributed by atoms with Gasteiger partial charge in [0.2, 0.25) is 5.89 Å². The van der Waals surface area contributed by atoms with Crippen molar-refractivity contribution in [1.82, 2.24) is 20.5 Å². The van der Waals surface area contributed by atoms with E-state index in [2.05, 4.69) is 25.8 Å². The molecule has 2 aromatic rings. The van der Waals surface area contributed by atoms with E-state index in [1.165, 1.54) is 5.56 Å². The third-order valence-electron chi connectivity index (χ3n) is 2.90. The van der Waals surface area contributed by atoms with E-state index in [1.807, 2.05) is 33.0 Å². The second-order valence-electron chi connectivity index (χ2n) is 4.38. The maximum absolute atomic E-state index is 5.54. The van der Waals surface area contributed by atoms with E-state index in [-0.39, 0.29) is 6.04 Å². The quantitative estimate of drug-likeness (QED) is 0.829. The highest BCUT2D eigenvalue weighted by atomic mass is 16.4. The number of hydrogen-bond acceptors (Lipinski definition) is 6. The van der Waals surface area contributed by atoms with Crippen molar-refractivity contribution >= 4 is 6.01 Å². The Bertz CT molecular complexity index is 525. The van der Waals surface area contributed by atoms with Gasteiger partial charge in [-0.15, -0.1) is 5.10 Å². The smallest absolute Gasteiger partial charge is 0.315 e. The van der Waals surface area contributed by atoms with Gasteiger partial charge in [0.05, 0.1) is 6.04 Å². The molecule has 19 heavy (non-hydrogen) atoms. The second-order valence-corrected chi connectivity index (χ2v) is 4.38. The summed E-state index contributed by atoms with van der Waals surface area (Å²) in [7, 11) is 0. The van der Waals surface area contributed by atoms with E-state index in [0.717, 1.165) is 12.1 Å². The third-order valence-corrected chi connectivity index (χ3v) is 2.90. The lowest BCUT2D eigenvalue weighted by Crippen LogP contribution is -2.17. The van der Waals surface area contributed by atoms with Gasteiger partial charge in [-0.3, -0.25) is 4.98 Å². The van der Waals surface area contributed by atoms with Crippen LogP contribution in [0.2, 0.25) is 0 Å². The third kappa shape index (κ3) is 3.51. The summed E-state index contributed by atoms with van der Waals surface area (Å²) in [6.45, 7) is 7.56. The standard InChI is InChI=1S/C13H19N5O/c1-4-15-10(3)12-17-18-13(19-12)16-8-11-7-14-6-5-9(11)2/h5-7,10,15H,4,8H2,1-3H3,(H,16,18). The van der Waals surface area contributed by atoms with Crippen LogP contribution in [0.5, 0.6) is 0 Å². The molecule has 1 unspecified atom stereocenters. The van der Waals surface area contributed by atoms with Gasteiger partial charge in [-0.25, -0.2) is 0 Å². The van der Waals surface area contributed by atoms with Gasteiger partial charge in [0.25, 0.3) is 0 Å². The van der Waals surface area contributed by atoms with Crippen LogP contribution in [0.15, 0.2) is 22.9 Å². The average molecular weight is 261 g/mol. The molecule has 6 heteroatoms. The van der Waals surface area contributed by atoms with Gasteiger partial charge in [-0.2, -0.15) is 0 Å². The van der Waals surface area contributed by atoms with E-state index >= 15 is 0 Å². The lowest BCUT2D eigenvalue weighted by atomic mass is 10.2. The first-order valence-corrected chi connectivity index (χ1v) is 6.41. The molecular formula is C13H19N5O. The minimum atomic E-state index is 0.0631. The normalized spacial score (nSPS) is 12.4. The second kappa shape index (κ2) is 6.29. The van der Waals surface area contributed by atoms with Crippen molar-refractivity contribution in [2.24, 2.45) is 0 Å². The number of rotatable bonds is 6. The molecule has 2 heterocycles. The van der Waals surface area contributed by atoms with E-state index in [1.54, 1.807) is 6.20 Å². The summed E-state index contributed by atoms with van der Waals surface area (Å²) < 4.78 is 5.54. The minimum absolute atomic E-state index is 0.0631. The SMILES string of the molecule is CCNC(C)c1nnc(NCc2cnccc2C)o1. The van der Waals surface area contributed by atoms with Gasteiger partial charge < -0.3 is 15.1 Å². The van der Waals surface area contributed by atoms with Gasteiger partial charge in [0.1, 0.15) is 0 Å². The first-order chi connectivity index (χ1) is 9.20. The zero-order chi connectivity index (χ0) is 13.7. The first-order valence-electron chi connectivity index (χ1n) is 6.41. The molecule has 6 nitrogen and oxygen atoms in total. The fraction of sp³-hybridized carbons (Fsp3) is 0.462. The average Bonchev–Trinajstić information content (AvgIpc) is 2.87. The minimum Gasteiger partial charge on any atom is -0.406 e. The number of nitrogens with one attached hydrogen (secondary N) is 2. The maximum Gasteiger partial charge on any atom is 0.315 e. The Morgan fingerprint density at radius 1 is 1.37 bits per heavy atom. The molecule has 0 bridgehead atoms. The predicted octanol–water partition coefficient (Wildman–Crippen LogP) is 2.06. The molecule has 0 aliphatic heterocycles. The van der Waals surface area contributed by atoms with E-state index in [0.29, 0.717) is 18.5 Å². The summed E-state index contributed by atoms with van der Waals surface area (Å²) in [6.07, 6.45) is 3.61. The van der Waals surface area contributed by atoms with Crippen LogP contribution in [-0.2, 0) is 6.54 Å². The Morgan fingerprint density at radius 2 is 2.21 bits per heavy atom. The molecule has 0 amide bonds. The summed E-state index contributed by atoms with van der Waals surface area (Å²) in [5.74, 6) is 0.590. The molecule has 102 valence electrons. The number of pyridine rings is 1. The predicted molar refractivity (Wildman–Crippen MR) is 72.7 cm³/mol. The molecule has 0 aliphatic rings. The Balaban J connectivity index is 1.95. The zero-order valence-electron chi connectivity index (χ0n) is 11.5. The summed E-state index contributed by atoms with van der Waals surface area (Å²) in [4.78, 5) is 4.10. The highest BCUT2D eigenvalue weighted by molar-refractivity contribution is 5.27. The first kappa shape index (κ1) is 13.5. The molecule has 0 aliphatic carbocycles. The van der Waals surface area contributed by atoms with Gasteiger partial charge in [-0.05, 0) is 37.6 Å². The summed E-state index contributed by atoms with van der Waals surface area (Å²) in [5, 5.41) is 14.3. The molecule has 2 N–H and O–H groups in total. The molecule has 0 radical (unpaired) electrons. The molecule has 2 rings (SSSR count). The molecule has 0 aromatic carbocycles. The van der Waals surface area contributed by atoms with Crippen LogP contribution in [0, 0.1) is 6.92 Å². The monoisotopic (exact) mass is 261 g/mol. The van der Waals surface area contributed by atoms with Crippen molar-refractivity contribution in [3.63, 3.8) is 0 Å². The van der Waals surface area contributed by atoms with Crippen LogP contribution in [0.25, 0.3) is 0 Å². The number of anilines is 1. The van der Waals surface area contributed by atoms with Crippen LogP contribution < -0.4 is 10.6 Å². The van der Waals surface area contributed by atoms with Crippen molar-refractivity contribution in [3.05, 3.63) is 35.5 Å². The fourth-order valence-corrected chi connectivity index (χ4v) is 1.73. The number of aryl methyl sites for hydroxylation is 1. The van der Waals surface area contributed by atoms with E-state index in [9.17, 15) is 0 Å². The van der Waals surface area contributed by atoms with E-state index < -0.39 is 0 Å². The topological polar surface area (TPSA) is 75.9 Å². The molecule has 1 atom stereocenters. The molecule has 0 fully saturated rings. The fourth-order valence-electron chi connectivity index (χ4n) is 1.73. The van der Waals surface area contributed by atoms with Crippen LogP contribution in [0.1, 0.15) is 36.9 Å². The zero-order valence-corrected chi connectivity index (χ0v) is 11.5. The largest absolute Gasteiger partial charge is 0.406 e. The van der Waals surface area contributed by atoms with Gasteiger partial charge in [0, 0.05) is 18.9 Å². The maximum atomic E-state index is 5.54. The van der Waals surface area contributed by atoms with Crippen molar-refractivity contribution in [3.8, 4) is 0 Å². The Morgan fingerprint density at radius 3 is 2.95 bits per heavy atom. The van der Waals surface area contributed by atoms with Crippen LogP contribution in [0.4, 0.5) is 6.01 Å². The van der Waals surface area contributed by atoms with Crippen molar-refractivity contribution in [2.75, 3.05) is 11.9 Å². The Kier molecular flexibility index (Phi) is 4.46. The summed E-state index contributed by atoms with van der Waals surface area (Å²) in [5.41, 5.74) is 2.30. The van der Waals surface area contributed by atoms with Gasteiger partial charge in [-0.1, -0.05) is 12.0 Å². The molecule has 0 spiro atoms. The van der Waals surface area contributed by atoms with E-state index in [4.69, 9.17) is 4.42 Å². The number of aromatic nitrogens is 3. The highest BCUT2D eigenvalue weighted by Crippen LogP contribution is 2.14.